The zero-order valence-corrected chi connectivity index (χ0v) is 10.5. The SMILES string of the molecule is CC(=O)c1cccc(N2CC(Br)CC2=O)c1. The van der Waals surface area contributed by atoms with Gasteiger partial charge in [0.2, 0.25) is 5.91 Å². The number of ketones is 1. The Balaban J connectivity index is 2.30. The molecule has 0 bridgehead atoms. The van der Waals surface area contributed by atoms with Crippen LogP contribution in [0.4, 0.5) is 5.69 Å². The lowest BCUT2D eigenvalue weighted by Gasteiger charge is -2.16. The minimum absolute atomic E-state index is 0.0175. The Kier molecular flexibility index (Phi) is 3.10. The molecule has 1 aliphatic rings. The molecular formula is C12H12BrNO2. The zero-order valence-electron chi connectivity index (χ0n) is 8.94. The molecule has 1 unspecified atom stereocenters. The highest BCUT2D eigenvalue weighted by atomic mass is 79.9. The molecule has 1 heterocycles. The maximum atomic E-state index is 11.7. The van der Waals surface area contributed by atoms with Crippen molar-refractivity contribution in [1.82, 2.24) is 0 Å². The van der Waals surface area contributed by atoms with E-state index in [-0.39, 0.29) is 16.5 Å². The van der Waals surface area contributed by atoms with Gasteiger partial charge in [0.15, 0.2) is 5.78 Å². The van der Waals surface area contributed by atoms with E-state index in [1.807, 2.05) is 6.07 Å². The number of benzene rings is 1. The molecule has 2 rings (SSSR count). The molecule has 0 spiro atoms. The van der Waals surface area contributed by atoms with Gasteiger partial charge >= 0.3 is 0 Å². The third-order valence-electron chi connectivity index (χ3n) is 2.64. The van der Waals surface area contributed by atoms with Crippen molar-refractivity contribution in [3.63, 3.8) is 0 Å². The lowest BCUT2D eigenvalue weighted by molar-refractivity contribution is -0.117. The van der Waals surface area contributed by atoms with Crippen LogP contribution >= 0.6 is 15.9 Å². The first-order valence-electron chi connectivity index (χ1n) is 5.13. The number of carbonyl (C=O) groups is 2. The van der Waals surface area contributed by atoms with Crippen molar-refractivity contribution in [2.75, 3.05) is 11.4 Å². The Morgan fingerprint density at radius 2 is 2.25 bits per heavy atom. The molecule has 0 aliphatic carbocycles. The highest BCUT2D eigenvalue weighted by molar-refractivity contribution is 9.09. The summed E-state index contributed by atoms with van der Waals surface area (Å²) in [7, 11) is 0. The van der Waals surface area contributed by atoms with Gasteiger partial charge in [0.1, 0.15) is 0 Å². The first kappa shape index (κ1) is 11.3. The zero-order chi connectivity index (χ0) is 11.7. The summed E-state index contributed by atoms with van der Waals surface area (Å²) in [5, 5.41) is 0. The number of Topliss-reactive ketones (excluding diaryl/α,β-unsaturated/α-hetero) is 1. The van der Waals surface area contributed by atoms with Gasteiger partial charge in [-0.2, -0.15) is 0 Å². The third-order valence-corrected chi connectivity index (χ3v) is 3.26. The van der Waals surface area contributed by atoms with Gasteiger partial charge < -0.3 is 4.90 Å². The number of amides is 1. The summed E-state index contributed by atoms with van der Waals surface area (Å²) in [6, 6.07) is 7.19. The molecule has 1 fully saturated rings. The van der Waals surface area contributed by atoms with Crippen LogP contribution in [0.5, 0.6) is 0 Å². The Morgan fingerprint density at radius 1 is 1.50 bits per heavy atom. The molecule has 1 amide bonds. The largest absolute Gasteiger partial charge is 0.311 e. The Morgan fingerprint density at radius 3 is 2.81 bits per heavy atom. The minimum atomic E-state index is 0.0175. The summed E-state index contributed by atoms with van der Waals surface area (Å²) in [4.78, 5) is 24.8. The molecule has 0 saturated carbocycles. The fourth-order valence-electron chi connectivity index (χ4n) is 1.81. The van der Waals surface area contributed by atoms with Crippen LogP contribution in [0.3, 0.4) is 0 Å². The first-order valence-corrected chi connectivity index (χ1v) is 6.05. The number of hydrogen-bond donors (Lipinski definition) is 0. The average Bonchev–Trinajstić information content (AvgIpc) is 2.58. The van der Waals surface area contributed by atoms with Crippen molar-refractivity contribution in [3.05, 3.63) is 29.8 Å². The van der Waals surface area contributed by atoms with Crippen LogP contribution in [0.1, 0.15) is 23.7 Å². The second kappa shape index (κ2) is 4.37. The number of alkyl halides is 1. The molecule has 1 aromatic rings. The van der Waals surface area contributed by atoms with E-state index >= 15 is 0 Å². The number of nitrogens with zero attached hydrogens (tertiary/aromatic N) is 1. The molecular weight excluding hydrogens is 270 g/mol. The first-order chi connectivity index (χ1) is 7.58. The van der Waals surface area contributed by atoms with Crippen molar-refractivity contribution in [1.29, 1.82) is 0 Å². The van der Waals surface area contributed by atoms with Crippen LogP contribution < -0.4 is 4.90 Å². The number of rotatable bonds is 2. The highest BCUT2D eigenvalue weighted by Gasteiger charge is 2.28. The summed E-state index contributed by atoms with van der Waals surface area (Å²) >= 11 is 3.43. The molecule has 1 atom stereocenters. The van der Waals surface area contributed by atoms with Gasteiger partial charge in [-0.1, -0.05) is 28.1 Å². The Hall–Kier alpha value is -1.16. The normalized spacial score (nSPS) is 20.2. The van der Waals surface area contributed by atoms with E-state index in [0.29, 0.717) is 18.5 Å². The van der Waals surface area contributed by atoms with Crippen molar-refractivity contribution >= 4 is 33.3 Å². The lowest BCUT2D eigenvalue weighted by atomic mass is 10.1. The summed E-state index contributed by atoms with van der Waals surface area (Å²) in [6.45, 7) is 2.19. The van der Waals surface area contributed by atoms with Crippen LogP contribution in [0, 0.1) is 0 Å². The second-order valence-electron chi connectivity index (χ2n) is 3.91. The van der Waals surface area contributed by atoms with Crippen LogP contribution in [0.25, 0.3) is 0 Å². The van der Waals surface area contributed by atoms with Crippen molar-refractivity contribution in [3.8, 4) is 0 Å². The van der Waals surface area contributed by atoms with Gasteiger partial charge in [-0.25, -0.2) is 0 Å². The fraction of sp³-hybridized carbons (Fsp3) is 0.333. The monoisotopic (exact) mass is 281 g/mol. The smallest absolute Gasteiger partial charge is 0.228 e. The standard InChI is InChI=1S/C12H12BrNO2/c1-8(15)9-3-2-4-11(5-9)14-7-10(13)6-12(14)16/h2-5,10H,6-7H2,1H3. The topological polar surface area (TPSA) is 37.4 Å². The molecule has 84 valence electrons. The van der Waals surface area contributed by atoms with Crippen LogP contribution in [0.2, 0.25) is 0 Å². The lowest BCUT2D eigenvalue weighted by Crippen LogP contribution is -2.24. The molecule has 3 nitrogen and oxygen atoms in total. The predicted molar refractivity (Wildman–Crippen MR) is 66.1 cm³/mol. The fourth-order valence-corrected chi connectivity index (χ4v) is 2.37. The van der Waals surface area contributed by atoms with E-state index < -0.39 is 0 Å². The van der Waals surface area contributed by atoms with Crippen molar-refractivity contribution in [2.24, 2.45) is 0 Å². The predicted octanol–water partition coefficient (Wildman–Crippen LogP) is 2.39. The van der Waals surface area contributed by atoms with E-state index in [4.69, 9.17) is 0 Å². The average molecular weight is 282 g/mol. The molecule has 1 aliphatic heterocycles. The van der Waals surface area contributed by atoms with E-state index in [9.17, 15) is 9.59 Å². The molecule has 0 N–H and O–H groups in total. The van der Waals surface area contributed by atoms with Gasteiger partial charge in [-0.3, -0.25) is 9.59 Å². The van der Waals surface area contributed by atoms with Gasteiger partial charge in [0, 0.05) is 29.0 Å². The molecule has 0 radical (unpaired) electrons. The van der Waals surface area contributed by atoms with Crippen molar-refractivity contribution < 1.29 is 9.59 Å². The number of halogens is 1. The van der Waals surface area contributed by atoms with Gasteiger partial charge in [0.05, 0.1) is 0 Å². The van der Waals surface area contributed by atoms with Gasteiger partial charge in [0.25, 0.3) is 0 Å². The summed E-state index contributed by atoms with van der Waals surface area (Å²) in [5.41, 5.74) is 1.45. The van der Waals surface area contributed by atoms with Crippen molar-refractivity contribution in [2.45, 2.75) is 18.2 Å². The van der Waals surface area contributed by atoms with E-state index in [0.717, 1.165) is 5.69 Å². The van der Waals surface area contributed by atoms with Crippen LogP contribution in [-0.2, 0) is 4.79 Å². The highest BCUT2D eigenvalue weighted by Crippen LogP contribution is 2.25. The van der Waals surface area contributed by atoms with Gasteiger partial charge in [-0.15, -0.1) is 0 Å². The molecule has 1 saturated heterocycles. The summed E-state index contributed by atoms with van der Waals surface area (Å²) in [5.74, 6) is 0.117. The van der Waals surface area contributed by atoms with Crippen LogP contribution in [-0.4, -0.2) is 23.1 Å². The maximum absolute atomic E-state index is 11.7. The third kappa shape index (κ3) is 2.16. The molecule has 4 heteroatoms. The van der Waals surface area contributed by atoms with Gasteiger partial charge in [-0.05, 0) is 19.1 Å². The molecule has 1 aromatic carbocycles. The van der Waals surface area contributed by atoms with E-state index in [2.05, 4.69) is 15.9 Å². The van der Waals surface area contributed by atoms with Crippen LogP contribution in [0.15, 0.2) is 24.3 Å². The molecule has 16 heavy (non-hydrogen) atoms. The minimum Gasteiger partial charge on any atom is -0.311 e. The number of anilines is 1. The maximum Gasteiger partial charge on any atom is 0.228 e. The second-order valence-corrected chi connectivity index (χ2v) is 5.21. The van der Waals surface area contributed by atoms with E-state index in [1.54, 1.807) is 23.1 Å². The number of carbonyl (C=O) groups excluding carboxylic acids is 2. The number of hydrogen-bond acceptors (Lipinski definition) is 2. The Bertz CT molecular complexity index is 444. The van der Waals surface area contributed by atoms with E-state index in [1.165, 1.54) is 6.92 Å². The summed E-state index contributed by atoms with van der Waals surface area (Å²) in [6.07, 6.45) is 0.518. The molecule has 0 aromatic heterocycles. The summed E-state index contributed by atoms with van der Waals surface area (Å²) < 4.78 is 0. The Labute approximate surface area is 103 Å². The quantitative estimate of drug-likeness (QED) is 0.617.